The minimum absolute atomic E-state index is 0.0273. The molecule has 1 rings (SSSR count). The number of anilines is 1. The lowest BCUT2D eigenvalue weighted by Crippen LogP contribution is -2.32. The SMILES string of the molecule is Cc1ccc(N(CCSC(F)(F)F)CC(=O)O)cc1. The predicted octanol–water partition coefficient (Wildman–Crippen LogP) is 3.14. The van der Waals surface area contributed by atoms with Crippen molar-refractivity contribution in [2.75, 3.05) is 23.7 Å². The van der Waals surface area contributed by atoms with Crippen molar-refractivity contribution in [2.45, 2.75) is 12.4 Å². The number of hydrogen-bond acceptors (Lipinski definition) is 3. The molecule has 0 heterocycles. The highest BCUT2D eigenvalue weighted by Crippen LogP contribution is 2.30. The molecule has 3 nitrogen and oxygen atoms in total. The quantitative estimate of drug-likeness (QED) is 0.875. The van der Waals surface area contributed by atoms with Gasteiger partial charge in [0.1, 0.15) is 6.54 Å². The van der Waals surface area contributed by atoms with Crippen molar-refractivity contribution in [3.8, 4) is 0 Å². The first-order valence-corrected chi connectivity index (χ1v) is 6.50. The van der Waals surface area contributed by atoms with Crippen LogP contribution in [0, 0.1) is 6.92 Å². The van der Waals surface area contributed by atoms with Crippen LogP contribution in [0.3, 0.4) is 0 Å². The Kier molecular flexibility index (Phi) is 5.53. The number of nitrogens with zero attached hydrogens (tertiary/aromatic N) is 1. The maximum atomic E-state index is 12.1. The van der Waals surface area contributed by atoms with Crippen LogP contribution < -0.4 is 4.90 Å². The van der Waals surface area contributed by atoms with Gasteiger partial charge in [-0.25, -0.2) is 0 Å². The Balaban J connectivity index is 2.66. The monoisotopic (exact) mass is 293 g/mol. The first kappa shape index (κ1) is 15.7. The van der Waals surface area contributed by atoms with Crippen LogP contribution in [0.25, 0.3) is 0 Å². The van der Waals surface area contributed by atoms with Gasteiger partial charge in [0.2, 0.25) is 0 Å². The number of hydrogen-bond donors (Lipinski definition) is 1. The van der Waals surface area contributed by atoms with Gasteiger partial charge in [-0.15, -0.1) is 0 Å². The molecule has 0 saturated heterocycles. The Bertz CT molecular complexity index is 420. The van der Waals surface area contributed by atoms with E-state index < -0.39 is 11.5 Å². The van der Waals surface area contributed by atoms with E-state index in [0.717, 1.165) is 5.56 Å². The van der Waals surface area contributed by atoms with E-state index >= 15 is 0 Å². The average molecular weight is 293 g/mol. The van der Waals surface area contributed by atoms with Gasteiger partial charge in [0.15, 0.2) is 0 Å². The molecule has 106 valence electrons. The maximum absolute atomic E-state index is 12.1. The van der Waals surface area contributed by atoms with Crippen LogP contribution >= 0.6 is 11.8 Å². The van der Waals surface area contributed by atoms with E-state index in [1.807, 2.05) is 6.92 Å². The van der Waals surface area contributed by atoms with Gasteiger partial charge in [0, 0.05) is 18.0 Å². The molecular weight excluding hydrogens is 279 g/mol. The molecule has 0 spiro atoms. The smallest absolute Gasteiger partial charge is 0.441 e. The minimum atomic E-state index is -4.29. The number of carboxylic acid groups (broad SMARTS) is 1. The number of benzene rings is 1. The molecule has 0 aliphatic carbocycles. The van der Waals surface area contributed by atoms with Gasteiger partial charge in [-0.1, -0.05) is 17.7 Å². The molecule has 19 heavy (non-hydrogen) atoms. The highest BCUT2D eigenvalue weighted by Gasteiger charge is 2.28. The number of thioether (sulfide) groups is 1. The molecule has 0 atom stereocenters. The minimum Gasteiger partial charge on any atom is -0.480 e. The normalized spacial score (nSPS) is 11.4. The summed E-state index contributed by atoms with van der Waals surface area (Å²) < 4.78 is 36.2. The Morgan fingerprint density at radius 3 is 2.37 bits per heavy atom. The number of aryl methyl sites for hydroxylation is 1. The summed E-state index contributed by atoms with van der Waals surface area (Å²) in [5.41, 5.74) is -2.68. The average Bonchev–Trinajstić information content (AvgIpc) is 2.26. The van der Waals surface area contributed by atoms with E-state index in [0.29, 0.717) is 5.69 Å². The van der Waals surface area contributed by atoms with E-state index in [9.17, 15) is 18.0 Å². The summed E-state index contributed by atoms with van der Waals surface area (Å²) in [6.07, 6.45) is 0. The number of alkyl halides is 3. The fourth-order valence-corrected chi connectivity index (χ4v) is 2.03. The lowest BCUT2D eigenvalue weighted by Gasteiger charge is -2.23. The van der Waals surface area contributed by atoms with Crippen molar-refractivity contribution in [1.82, 2.24) is 0 Å². The van der Waals surface area contributed by atoms with Gasteiger partial charge in [0.25, 0.3) is 0 Å². The summed E-state index contributed by atoms with van der Waals surface area (Å²) >= 11 is -0.148. The molecule has 7 heteroatoms. The van der Waals surface area contributed by atoms with Gasteiger partial charge in [-0.05, 0) is 30.8 Å². The van der Waals surface area contributed by atoms with Crippen LogP contribution in [0.2, 0.25) is 0 Å². The van der Waals surface area contributed by atoms with Crippen molar-refractivity contribution < 1.29 is 23.1 Å². The molecule has 1 aromatic rings. The zero-order valence-corrected chi connectivity index (χ0v) is 11.1. The van der Waals surface area contributed by atoms with Crippen LogP contribution in [0.5, 0.6) is 0 Å². The fraction of sp³-hybridized carbons (Fsp3) is 0.417. The van der Waals surface area contributed by atoms with Gasteiger partial charge in [-0.2, -0.15) is 13.2 Å². The summed E-state index contributed by atoms with van der Waals surface area (Å²) in [4.78, 5) is 12.2. The maximum Gasteiger partial charge on any atom is 0.441 e. The molecule has 0 fully saturated rings. The molecule has 0 bridgehead atoms. The molecule has 1 aromatic carbocycles. The zero-order chi connectivity index (χ0) is 14.5. The first-order valence-electron chi connectivity index (χ1n) is 5.52. The Morgan fingerprint density at radius 2 is 1.89 bits per heavy atom. The third kappa shape index (κ3) is 6.37. The van der Waals surface area contributed by atoms with Crippen LogP contribution in [0.15, 0.2) is 24.3 Å². The zero-order valence-electron chi connectivity index (χ0n) is 10.3. The molecule has 1 N–H and O–H groups in total. The fourth-order valence-electron chi connectivity index (χ4n) is 1.49. The third-order valence-corrected chi connectivity index (χ3v) is 3.07. The second-order valence-electron chi connectivity index (χ2n) is 3.95. The first-order chi connectivity index (χ1) is 8.78. The third-order valence-electron chi connectivity index (χ3n) is 2.35. The second kappa shape index (κ2) is 6.70. The summed E-state index contributed by atoms with van der Waals surface area (Å²) in [6.45, 7) is 1.59. The second-order valence-corrected chi connectivity index (χ2v) is 5.10. The molecule has 0 amide bonds. The van der Waals surface area contributed by atoms with Crippen LogP contribution in [0.1, 0.15) is 5.56 Å². The largest absolute Gasteiger partial charge is 0.480 e. The van der Waals surface area contributed by atoms with Crippen LogP contribution in [-0.4, -0.2) is 35.4 Å². The van der Waals surface area contributed by atoms with E-state index in [1.54, 1.807) is 24.3 Å². The summed E-state index contributed by atoms with van der Waals surface area (Å²) in [5.74, 6) is -1.28. The van der Waals surface area contributed by atoms with E-state index in [4.69, 9.17) is 5.11 Å². The highest BCUT2D eigenvalue weighted by molar-refractivity contribution is 8.00. The van der Waals surface area contributed by atoms with E-state index in [-0.39, 0.29) is 30.6 Å². The highest BCUT2D eigenvalue weighted by atomic mass is 32.2. The summed E-state index contributed by atoms with van der Waals surface area (Å²) in [5, 5.41) is 8.79. The molecule has 0 saturated carbocycles. The number of halogens is 3. The molecular formula is C12H14F3NO2S. The standard InChI is InChI=1S/C12H14F3NO2S/c1-9-2-4-10(5-3-9)16(8-11(17)18)6-7-19-12(13,14)15/h2-5H,6-8H2,1H3,(H,17,18). The van der Waals surface area contributed by atoms with Crippen LogP contribution in [0.4, 0.5) is 18.9 Å². The summed E-state index contributed by atoms with van der Waals surface area (Å²) in [6, 6.07) is 7.00. The van der Waals surface area contributed by atoms with Gasteiger partial charge < -0.3 is 10.0 Å². The predicted molar refractivity (Wildman–Crippen MR) is 69.5 cm³/mol. The number of rotatable bonds is 6. The van der Waals surface area contributed by atoms with E-state index in [2.05, 4.69) is 0 Å². The molecule has 0 aliphatic rings. The van der Waals surface area contributed by atoms with Crippen molar-refractivity contribution in [3.63, 3.8) is 0 Å². The molecule has 0 radical (unpaired) electrons. The van der Waals surface area contributed by atoms with Gasteiger partial charge in [-0.3, -0.25) is 4.79 Å². The van der Waals surface area contributed by atoms with Crippen molar-refractivity contribution in [2.24, 2.45) is 0 Å². The molecule has 0 aromatic heterocycles. The van der Waals surface area contributed by atoms with E-state index in [1.165, 1.54) is 4.90 Å². The lowest BCUT2D eigenvalue weighted by atomic mass is 10.2. The van der Waals surface area contributed by atoms with Crippen LogP contribution in [-0.2, 0) is 4.79 Å². The Morgan fingerprint density at radius 1 is 1.32 bits per heavy atom. The topological polar surface area (TPSA) is 40.5 Å². The lowest BCUT2D eigenvalue weighted by molar-refractivity contribution is -0.135. The number of carbonyl (C=O) groups is 1. The summed E-state index contributed by atoms with van der Waals surface area (Å²) in [7, 11) is 0. The number of carboxylic acids is 1. The van der Waals surface area contributed by atoms with Crippen molar-refractivity contribution in [3.05, 3.63) is 29.8 Å². The Labute approximate surface area is 113 Å². The van der Waals surface area contributed by atoms with Gasteiger partial charge >= 0.3 is 11.5 Å². The van der Waals surface area contributed by atoms with Crippen molar-refractivity contribution in [1.29, 1.82) is 0 Å². The number of aliphatic carboxylic acids is 1. The van der Waals surface area contributed by atoms with Gasteiger partial charge in [0.05, 0.1) is 0 Å². The molecule has 0 aliphatic heterocycles. The van der Waals surface area contributed by atoms with Crippen molar-refractivity contribution >= 4 is 23.4 Å². The molecule has 0 unspecified atom stereocenters. The Hall–Kier alpha value is -1.37.